The van der Waals surface area contributed by atoms with E-state index in [9.17, 15) is 24.4 Å². The van der Waals surface area contributed by atoms with Gasteiger partial charge < -0.3 is 20.1 Å². The van der Waals surface area contributed by atoms with E-state index in [4.69, 9.17) is 9.47 Å². The summed E-state index contributed by atoms with van der Waals surface area (Å²) in [6.45, 7) is 1.98. The van der Waals surface area contributed by atoms with Crippen LogP contribution in [0.25, 0.3) is 0 Å². The summed E-state index contributed by atoms with van der Waals surface area (Å²) in [5.74, 6) is -4.67. The van der Waals surface area contributed by atoms with E-state index in [-0.39, 0.29) is 27.8 Å². The molecule has 0 saturated carbocycles. The number of ether oxygens (including phenoxy) is 2. The van der Waals surface area contributed by atoms with Crippen LogP contribution < -0.4 is 10.6 Å². The topological polar surface area (TPSA) is 135 Å². The molecule has 186 valence electrons. The fourth-order valence-corrected chi connectivity index (χ4v) is 4.75. The van der Waals surface area contributed by atoms with Crippen molar-refractivity contribution in [3.8, 4) is 6.07 Å². The number of nitrogens with one attached hydrogen (secondary N) is 2. The van der Waals surface area contributed by atoms with Crippen LogP contribution in [0, 0.1) is 17.2 Å². The Bertz CT molecular complexity index is 1250. The lowest BCUT2D eigenvalue weighted by Gasteiger charge is -2.31. The SMILES string of the molecule is CCc1ccccc1NC(=O)CSC1=C(C#N)[C@@H](c2ccc(C(=O)OC)cc2)[C@@H](C(=O)OC)C(=O)N1. The summed E-state index contributed by atoms with van der Waals surface area (Å²) in [5.41, 5.74) is 2.53. The van der Waals surface area contributed by atoms with Gasteiger partial charge in [0, 0.05) is 11.6 Å². The summed E-state index contributed by atoms with van der Waals surface area (Å²) < 4.78 is 9.54. The van der Waals surface area contributed by atoms with Crippen LogP contribution in [0.3, 0.4) is 0 Å². The molecule has 2 N–H and O–H groups in total. The fraction of sp³-hybridized carbons (Fsp3) is 0.269. The Morgan fingerprint density at radius 3 is 2.39 bits per heavy atom. The average molecular weight is 508 g/mol. The highest BCUT2D eigenvalue weighted by Crippen LogP contribution is 2.40. The normalized spacial score (nSPS) is 17.0. The van der Waals surface area contributed by atoms with E-state index in [2.05, 4.69) is 16.7 Å². The Balaban J connectivity index is 1.91. The number of allylic oxidation sites excluding steroid dienone is 1. The van der Waals surface area contributed by atoms with Crippen molar-refractivity contribution in [2.24, 2.45) is 5.92 Å². The first-order valence-corrected chi connectivity index (χ1v) is 12.0. The van der Waals surface area contributed by atoms with Gasteiger partial charge in [-0.3, -0.25) is 14.4 Å². The molecule has 9 nitrogen and oxygen atoms in total. The minimum absolute atomic E-state index is 0.0737. The highest BCUT2D eigenvalue weighted by Gasteiger charge is 2.44. The minimum atomic E-state index is -1.32. The molecule has 0 radical (unpaired) electrons. The molecule has 1 aliphatic heterocycles. The number of esters is 2. The molecule has 0 saturated heterocycles. The summed E-state index contributed by atoms with van der Waals surface area (Å²) in [5, 5.41) is 15.6. The van der Waals surface area contributed by atoms with Crippen molar-refractivity contribution in [3.63, 3.8) is 0 Å². The second-order valence-corrected chi connectivity index (χ2v) is 8.77. The number of carbonyl (C=O) groups excluding carboxylic acids is 4. The van der Waals surface area contributed by atoms with Gasteiger partial charge in [0.15, 0.2) is 0 Å². The number of methoxy groups -OCH3 is 2. The van der Waals surface area contributed by atoms with Crippen molar-refractivity contribution >= 4 is 41.2 Å². The smallest absolute Gasteiger partial charge is 0.337 e. The molecule has 0 aliphatic carbocycles. The van der Waals surface area contributed by atoms with Gasteiger partial charge in [-0.2, -0.15) is 5.26 Å². The van der Waals surface area contributed by atoms with Crippen LogP contribution in [-0.4, -0.2) is 43.7 Å². The van der Waals surface area contributed by atoms with Gasteiger partial charge in [0.05, 0.1) is 42.2 Å². The third-order valence-corrected chi connectivity index (χ3v) is 6.71. The van der Waals surface area contributed by atoms with E-state index in [1.54, 1.807) is 18.2 Å². The molecule has 0 aromatic heterocycles. The third kappa shape index (κ3) is 5.75. The Morgan fingerprint density at radius 1 is 1.08 bits per heavy atom. The number of para-hydroxylation sites is 1. The zero-order valence-electron chi connectivity index (χ0n) is 20.0. The zero-order chi connectivity index (χ0) is 26.2. The lowest BCUT2D eigenvalue weighted by molar-refractivity contribution is -0.150. The molecule has 0 bridgehead atoms. The van der Waals surface area contributed by atoms with Crippen molar-refractivity contribution in [1.29, 1.82) is 5.26 Å². The molecular weight excluding hydrogens is 482 g/mol. The van der Waals surface area contributed by atoms with Crippen molar-refractivity contribution in [3.05, 3.63) is 75.8 Å². The van der Waals surface area contributed by atoms with Gasteiger partial charge in [0.25, 0.3) is 0 Å². The molecule has 2 aromatic rings. The van der Waals surface area contributed by atoms with E-state index in [1.807, 2.05) is 25.1 Å². The number of carbonyl (C=O) groups is 4. The lowest BCUT2D eigenvalue weighted by atomic mass is 9.78. The van der Waals surface area contributed by atoms with E-state index < -0.39 is 29.7 Å². The average Bonchev–Trinajstić information content (AvgIpc) is 2.90. The molecule has 1 aliphatic rings. The second-order valence-electron chi connectivity index (χ2n) is 7.78. The molecule has 36 heavy (non-hydrogen) atoms. The van der Waals surface area contributed by atoms with Crippen LogP contribution in [-0.2, 0) is 30.3 Å². The van der Waals surface area contributed by atoms with Crippen LogP contribution in [0.4, 0.5) is 5.69 Å². The molecule has 0 spiro atoms. The van der Waals surface area contributed by atoms with Crippen molar-refractivity contribution in [2.75, 3.05) is 25.3 Å². The predicted octanol–water partition coefficient (Wildman–Crippen LogP) is 3.15. The van der Waals surface area contributed by atoms with Crippen molar-refractivity contribution < 1.29 is 28.7 Å². The van der Waals surface area contributed by atoms with Gasteiger partial charge >= 0.3 is 11.9 Å². The molecule has 10 heteroatoms. The number of nitrogens with zero attached hydrogens (tertiary/aromatic N) is 1. The minimum Gasteiger partial charge on any atom is -0.468 e. The van der Waals surface area contributed by atoms with Gasteiger partial charge in [0.2, 0.25) is 11.8 Å². The number of amides is 2. The predicted molar refractivity (Wildman–Crippen MR) is 134 cm³/mol. The van der Waals surface area contributed by atoms with Crippen molar-refractivity contribution in [1.82, 2.24) is 5.32 Å². The summed E-state index contributed by atoms with van der Waals surface area (Å²) in [4.78, 5) is 49.9. The van der Waals surface area contributed by atoms with Gasteiger partial charge in [-0.15, -0.1) is 0 Å². The highest BCUT2D eigenvalue weighted by molar-refractivity contribution is 8.03. The maximum Gasteiger partial charge on any atom is 0.337 e. The van der Waals surface area contributed by atoms with E-state index in [0.29, 0.717) is 11.3 Å². The molecule has 2 atom stereocenters. The third-order valence-electron chi connectivity index (χ3n) is 5.69. The quantitative estimate of drug-likeness (QED) is 0.411. The number of hydrogen-bond donors (Lipinski definition) is 2. The Labute approximate surface area is 212 Å². The molecule has 3 rings (SSSR count). The summed E-state index contributed by atoms with van der Waals surface area (Å²) >= 11 is 0.993. The van der Waals surface area contributed by atoms with Gasteiger partial charge in [-0.25, -0.2) is 4.79 Å². The molecule has 0 fully saturated rings. The first-order chi connectivity index (χ1) is 17.3. The monoisotopic (exact) mass is 507 g/mol. The standard InChI is InChI=1S/C26H25N3O6S/c1-4-15-7-5-6-8-19(15)28-20(30)14-36-24-18(13-27)21(22(23(31)29-24)26(33)35-3)16-9-11-17(12-10-16)25(32)34-2/h5-12,21-22H,4,14H2,1-3H3,(H,28,30)(H,29,31)/t21-,22-/m1/s1. The molecule has 0 unspecified atom stereocenters. The second kappa shape index (κ2) is 12.0. The van der Waals surface area contributed by atoms with Crippen LogP contribution in [0.1, 0.15) is 34.3 Å². The van der Waals surface area contributed by atoms with Crippen LogP contribution in [0.5, 0.6) is 0 Å². The van der Waals surface area contributed by atoms with Crippen LogP contribution in [0.2, 0.25) is 0 Å². The highest BCUT2D eigenvalue weighted by atomic mass is 32.2. The molecule has 1 heterocycles. The zero-order valence-corrected chi connectivity index (χ0v) is 20.8. The van der Waals surface area contributed by atoms with Gasteiger partial charge in [-0.1, -0.05) is 49.0 Å². The van der Waals surface area contributed by atoms with Crippen molar-refractivity contribution in [2.45, 2.75) is 19.3 Å². The van der Waals surface area contributed by atoms with E-state index >= 15 is 0 Å². The maximum absolute atomic E-state index is 12.9. The Kier molecular flexibility index (Phi) is 8.86. The van der Waals surface area contributed by atoms with Gasteiger partial charge in [0.1, 0.15) is 5.92 Å². The number of anilines is 1. The maximum atomic E-state index is 12.9. The molecule has 2 amide bonds. The number of nitriles is 1. The van der Waals surface area contributed by atoms with Gasteiger partial charge in [-0.05, 0) is 35.7 Å². The molecular formula is C26H25N3O6S. The van der Waals surface area contributed by atoms with Crippen LogP contribution in [0.15, 0.2) is 59.1 Å². The summed E-state index contributed by atoms with van der Waals surface area (Å²) in [7, 11) is 2.41. The fourth-order valence-electron chi connectivity index (χ4n) is 3.90. The number of aryl methyl sites for hydroxylation is 1. The first-order valence-electron chi connectivity index (χ1n) is 11.1. The summed E-state index contributed by atoms with van der Waals surface area (Å²) in [6, 6.07) is 15.6. The number of rotatable bonds is 8. The van der Waals surface area contributed by atoms with E-state index in [0.717, 1.165) is 30.9 Å². The summed E-state index contributed by atoms with van der Waals surface area (Å²) in [6.07, 6.45) is 0.745. The lowest BCUT2D eigenvalue weighted by Crippen LogP contribution is -2.44. The Morgan fingerprint density at radius 2 is 1.78 bits per heavy atom. The van der Waals surface area contributed by atoms with Crippen LogP contribution >= 0.6 is 11.8 Å². The number of hydrogen-bond acceptors (Lipinski definition) is 8. The Hall–Kier alpha value is -4.10. The number of benzene rings is 2. The largest absolute Gasteiger partial charge is 0.468 e. The first kappa shape index (κ1) is 26.5. The number of thioether (sulfide) groups is 1. The van der Waals surface area contributed by atoms with E-state index in [1.165, 1.54) is 19.2 Å². The molecule has 2 aromatic carbocycles.